The lowest BCUT2D eigenvalue weighted by Gasteiger charge is -2.22. The Morgan fingerprint density at radius 2 is 1.40 bits per heavy atom. The van der Waals surface area contributed by atoms with Crippen molar-refractivity contribution in [3.8, 4) is 16.9 Å². The standard InChI is InChI=1S/C24H24F3NO.ClH/c1-16(18-7-5-4-6-8-18)28-17(2)20-11-14-23(29-3)22(15-20)19-9-12-21(13-10-19)24(25,26)27;/h4-17,28H,1-3H3;1H/t16-,17-;/m1./s1. The van der Waals surface area contributed by atoms with Crippen LogP contribution in [0.15, 0.2) is 72.8 Å². The normalized spacial score (nSPS) is 13.3. The van der Waals surface area contributed by atoms with E-state index in [0.29, 0.717) is 11.3 Å². The monoisotopic (exact) mass is 435 g/mol. The first kappa shape index (κ1) is 23.8. The molecule has 0 saturated heterocycles. The maximum atomic E-state index is 12.9. The topological polar surface area (TPSA) is 21.3 Å². The molecule has 1 N–H and O–H groups in total. The highest BCUT2D eigenvalue weighted by molar-refractivity contribution is 5.85. The van der Waals surface area contributed by atoms with Crippen molar-refractivity contribution in [1.82, 2.24) is 5.32 Å². The smallest absolute Gasteiger partial charge is 0.416 e. The Morgan fingerprint density at radius 3 is 1.97 bits per heavy atom. The zero-order chi connectivity index (χ0) is 21.0. The molecule has 0 fully saturated rings. The maximum Gasteiger partial charge on any atom is 0.416 e. The molecule has 0 aromatic heterocycles. The van der Waals surface area contributed by atoms with Crippen LogP contribution >= 0.6 is 12.4 Å². The number of hydrogen-bond donors (Lipinski definition) is 1. The van der Waals surface area contributed by atoms with Gasteiger partial charge < -0.3 is 10.1 Å². The Morgan fingerprint density at radius 1 is 0.800 bits per heavy atom. The van der Waals surface area contributed by atoms with Crippen LogP contribution in [-0.4, -0.2) is 7.11 Å². The van der Waals surface area contributed by atoms with Gasteiger partial charge in [-0.2, -0.15) is 13.2 Å². The quantitative estimate of drug-likeness (QED) is 0.441. The third-order valence-corrected chi connectivity index (χ3v) is 5.05. The third kappa shape index (κ3) is 5.55. The summed E-state index contributed by atoms with van der Waals surface area (Å²) in [6.07, 6.45) is -4.35. The van der Waals surface area contributed by atoms with Gasteiger partial charge in [0.05, 0.1) is 12.7 Å². The van der Waals surface area contributed by atoms with Gasteiger partial charge in [0.15, 0.2) is 0 Å². The lowest BCUT2D eigenvalue weighted by molar-refractivity contribution is -0.137. The Hall–Kier alpha value is -2.50. The molecule has 3 aromatic carbocycles. The molecule has 160 valence electrons. The average molecular weight is 436 g/mol. The number of hydrogen-bond acceptors (Lipinski definition) is 2. The molecule has 3 rings (SSSR count). The second-order valence-corrected chi connectivity index (χ2v) is 7.06. The van der Waals surface area contributed by atoms with Crippen LogP contribution in [0.4, 0.5) is 13.2 Å². The van der Waals surface area contributed by atoms with Crippen LogP contribution in [0.2, 0.25) is 0 Å². The molecule has 0 aliphatic carbocycles. The molecule has 3 aromatic rings. The number of halogens is 4. The van der Waals surface area contributed by atoms with E-state index in [9.17, 15) is 13.2 Å². The number of ether oxygens (including phenoxy) is 1. The van der Waals surface area contributed by atoms with E-state index in [0.717, 1.165) is 23.3 Å². The maximum absolute atomic E-state index is 12.9. The van der Waals surface area contributed by atoms with Crippen molar-refractivity contribution >= 4 is 12.4 Å². The predicted octanol–water partition coefficient (Wildman–Crippen LogP) is 7.21. The molecule has 6 heteroatoms. The largest absolute Gasteiger partial charge is 0.496 e. The molecule has 0 spiro atoms. The second kappa shape index (κ2) is 10.0. The van der Waals surface area contributed by atoms with Gasteiger partial charge >= 0.3 is 6.18 Å². The van der Waals surface area contributed by atoms with E-state index >= 15 is 0 Å². The summed E-state index contributed by atoms with van der Waals surface area (Å²) in [7, 11) is 1.56. The fourth-order valence-electron chi connectivity index (χ4n) is 3.37. The molecule has 0 aliphatic heterocycles. The first-order valence-electron chi connectivity index (χ1n) is 9.46. The first-order valence-corrected chi connectivity index (χ1v) is 9.46. The molecule has 0 bridgehead atoms. The molecule has 0 amide bonds. The summed E-state index contributed by atoms with van der Waals surface area (Å²) in [6.45, 7) is 4.17. The van der Waals surface area contributed by atoms with Gasteiger partial charge in [0.1, 0.15) is 5.75 Å². The van der Waals surface area contributed by atoms with Gasteiger partial charge in [-0.05, 0) is 54.8 Å². The van der Waals surface area contributed by atoms with Crippen molar-refractivity contribution in [2.45, 2.75) is 32.1 Å². The zero-order valence-corrected chi connectivity index (χ0v) is 17.8. The van der Waals surface area contributed by atoms with Gasteiger partial charge in [-0.3, -0.25) is 0 Å². The van der Waals surface area contributed by atoms with Gasteiger partial charge in [-0.1, -0.05) is 48.5 Å². The summed E-state index contributed by atoms with van der Waals surface area (Å²) < 4.78 is 44.0. The summed E-state index contributed by atoms with van der Waals surface area (Å²) in [5, 5.41) is 3.57. The molecule has 0 saturated carbocycles. The van der Waals surface area contributed by atoms with Gasteiger partial charge in [0, 0.05) is 17.6 Å². The summed E-state index contributed by atoms with van der Waals surface area (Å²) in [5.41, 5.74) is 3.00. The van der Waals surface area contributed by atoms with Crippen molar-refractivity contribution in [3.05, 3.63) is 89.5 Å². The molecule has 0 heterocycles. The Kier molecular flexibility index (Phi) is 7.93. The summed E-state index contributed by atoms with van der Waals surface area (Å²) >= 11 is 0. The van der Waals surface area contributed by atoms with Crippen LogP contribution in [0, 0.1) is 0 Å². The number of rotatable bonds is 6. The molecule has 2 nitrogen and oxygen atoms in total. The van der Waals surface area contributed by atoms with E-state index in [1.54, 1.807) is 7.11 Å². The highest BCUT2D eigenvalue weighted by Gasteiger charge is 2.30. The zero-order valence-electron chi connectivity index (χ0n) is 17.0. The average Bonchev–Trinajstić information content (AvgIpc) is 2.73. The van der Waals surface area contributed by atoms with E-state index in [4.69, 9.17) is 4.74 Å². The number of nitrogens with one attached hydrogen (secondary N) is 1. The van der Waals surface area contributed by atoms with Crippen molar-refractivity contribution in [1.29, 1.82) is 0 Å². The highest BCUT2D eigenvalue weighted by atomic mass is 35.5. The molecule has 2 atom stereocenters. The van der Waals surface area contributed by atoms with Crippen molar-refractivity contribution in [2.75, 3.05) is 7.11 Å². The van der Waals surface area contributed by atoms with Crippen LogP contribution in [0.1, 0.15) is 42.6 Å². The Balaban J connectivity index is 0.00000320. The molecule has 30 heavy (non-hydrogen) atoms. The Bertz CT molecular complexity index is 943. The molecule has 0 radical (unpaired) electrons. The van der Waals surface area contributed by atoms with Crippen LogP contribution in [0.5, 0.6) is 5.75 Å². The molecular weight excluding hydrogens is 411 g/mol. The molecule has 0 unspecified atom stereocenters. The summed E-state index contributed by atoms with van der Waals surface area (Å²) in [4.78, 5) is 0. The second-order valence-electron chi connectivity index (χ2n) is 7.06. The van der Waals surface area contributed by atoms with E-state index in [-0.39, 0.29) is 24.5 Å². The van der Waals surface area contributed by atoms with Crippen molar-refractivity contribution in [2.24, 2.45) is 0 Å². The fraction of sp³-hybridized carbons (Fsp3) is 0.250. The summed E-state index contributed by atoms with van der Waals surface area (Å²) in [5.74, 6) is 0.622. The van der Waals surface area contributed by atoms with Crippen LogP contribution in [0.25, 0.3) is 11.1 Å². The molecular formula is C24H25ClF3NO. The number of methoxy groups -OCH3 is 1. The van der Waals surface area contributed by atoms with Crippen LogP contribution in [0.3, 0.4) is 0 Å². The number of alkyl halides is 3. The minimum absolute atomic E-state index is 0. The predicted molar refractivity (Wildman–Crippen MR) is 117 cm³/mol. The minimum Gasteiger partial charge on any atom is -0.496 e. The van der Waals surface area contributed by atoms with Crippen molar-refractivity contribution < 1.29 is 17.9 Å². The third-order valence-electron chi connectivity index (χ3n) is 5.05. The lowest BCUT2D eigenvalue weighted by atomic mass is 9.97. The van der Waals surface area contributed by atoms with E-state index in [1.807, 2.05) is 36.4 Å². The van der Waals surface area contributed by atoms with E-state index < -0.39 is 11.7 Å². The minimum atomic E-state index is -4.35. The van der Waals surface area contributed by atoms with Gasteiger partial charge in [-0.15, -0.1) is 12.4 Å². The van der Waals surface area contributed by atoms with Crippen molar-refractivity contribution in [3.63, 3.8) is 0 Å². The Labute approximate surface area is 181 Å². The SMILES string of the molecule is COc1ccc([C@@H](C)N[C@H](C)c2ccccc2)cc1-c1ccc(C(F)(F)F)cc1.Cl. The molecule has 0 aliphatic rings. The lowest BCUT2D eigenvalue weighted by Crippen LogP contribution is -2.22. The van der Waals surface area contributed by atoms with Gasteiger partial charge in [0.25, 0.3) is 0 Å². The van der Waals surface area contributed by atoms with E-state index in [1.165, 1.54) is 17.7 Å². The van der Waals surface area contributed by atoms with E-state index in [2.05, 4.69) is 31.3 Å². The fourth-order valence-corrected chi connectivity index (χ4v) is 3.37. The highest BCUT2D eigenvalue weighted by Crippen LogP contribution is 2.35. The van der Waals surface area contributed by atoms with Gasteiger partial charge in [-0.25, -0.2) is 0 Å². The van der Waals surface area contributed by atoms with Crippen LogP contribution < -0.4 is 10.1 Å². The van der Waals surface area contributed by atoms with Crippen LogP contribution in [-0.2, 0) is 6.18 Å². The number of benzene rings is 3. The van der Waals surface area contributed by atoms with Gasteiger partial charge in [0.2, 0.25) is 0 Å². The first-order chi connectivity index (χ1) is 13.8. The summed E-state index contributed by atoms with van der Waals surface area (Å²) in [6, 6.07) is 21.3.